The van der Waals surface area contributed by atoms with Crippen molar-refractivity contribution in [2.45, 2.75) is 13.8 Å². The first-order chi connectivity index (χ1) is 14.2. The number of Topliss-reactive ketones (excluding diaryl/α,β-unsaturated/α-hetero) is 1. The minimum Gasteiger partial charge on any atom is -0.454 e. The number of benzene rings is 2. The fourth-order valence-electron chi connectivity index (χ4n) is 3.29. The van der Waals surface area contributed by atoms with Gasteiger partial charge in [-0.25, -0.2) is 8.78 Å². The lowest BCUT2D eigenvalue weighted by atomic mass is 9.99. The summed E-state index contributed by atoms with van der Waals surface area (Å²) < 4.78 is 35.3. The van der Waals surface area contributed by atoms with E-state index in [0.29, 0.717) is 21.4 Å². The van der Waals surface area contributed by atoms with Crippen LogP contribution in [0.1, 0.15) is 22.2 Å². The molecule has 0 atom stereocenters. The number of hydrogen-bond acceptors (Lipinski definition) is 4. The second-order valence-corrected chi connectivity index (χ2v) is 8.26. The van der Waals surface area contributed by atoms with Gasteiger partial charge in [0.2, 0.25) is 0 Å². The van der Waals surface area contributed by atoms with Gasteiger partial charge in [-0.05, 0) is 50.2 Å². The van der Waals surface area contributed by atoms with Crippen LogP contribution in [0, 0.1) is 18.6 Å². The van der Waals surface area contributed by atoms with E-state index in [1.807, 2.05) is 13.0 Å². The molecule has 0 radical (unpaired) electrons. The Morgan fingerprint density at radius 3 is 2.47 bits per heavy atom. The van der Waals surface area contributed by atoms with Gasteiger partial charge in [0.15, 0.2) is 17.3 Å². The SMILES string of the molecule is CC(=O)c1ccc(Oc2ccc(F)cc2F)c(-c2cn(C)c(=O)c3sc(C)cc23)c1. The molecule has 0 fully saturated rings. The number of carbonyl (C=O) groups excluding carboxylic acids is 1. The lowest BCUT2D eigenvalue weighted by Gasteiger charge is -2.15. The van der Waals surface area contributed by atoms with Gasteiger partial charge < -0.3 is 9.30 Å². The average molecular weight is 425 g/mol. The maximum Gasteiger partial charge on any atom is 0.268 e. The molecule has 2 aromatic heterocycles. The van der Waals surface area contributed by atoms with E-state index < -0.39 is 11.6 Å². The van der Waals surface area contributed by atoms with Crippen LogP contribution in [0.25, 0.3) is 21.2 Å². The van der Waals surface area contributed by atoms with Gasteiger partial charge in [0, 0.05) is 46.3 Å². The van der Waals surface area contributed by atoms with Gasteiger partial charge >= 0.3 is 0 Å². The summed E-state index contributed by atoms with van der Waals surface area (Å²) in [5.74, 6) is -1.54. The maximum absolute atomic E-state index is 14.2. The fraction of sp³-hybridized carbons (Fsp3) is 0.130. The van der Waals surface area contributed by atoms with Crippen LogP contribution in [0.5, 0.6) is 11.5 Å². The molecule has 0 bridgehead atoms. The van der Waals surface area contributed by atoms with E-state index in [4.69, 9.17) is 4.74 Å². The van der Waals surface area contributed by atoms with Crippen LogP contribution in [-0.4, -0.2) is 10.4 Å². The molecule has 0 aliphatic heterocycles. The minimum atomic E-state index is -0.839. The van der Waals surface area contributed by atoms with Crippen LogP contribution >= 0.6 is 11.3 Å². The molecule has 30 heavy (non-hydrogen) atoms. The predicted octanol–water partition coefficient (Wildman–Crippen LogP) is 5.85. The van der Waals surface area contributed by atoms with Crippen molar-refractivity contribution in [3.8, 4) is 22.6 Å². The molecule has 0 saturated carbocycles. The molecule has 0 N–H and O–H groups in total. The number of ketones is 1. The van der Waals surface area contributed by atoms with E-state index in [9.17, 15) is 18.4 Å². The number of aromatic nitrogens is 1. The summed E-state index contributed by atoms with van der Waals surface area (Å²) in [5.41, 5.74) is 1.54. The highest BCUT2D eigenvalue weighted by molar-refractivity contribution is 7.19. The number of aryl methyl sites for hydroxylation is 2. The van der Waals surface area contributed by atoms with Crippen LogP contribution in [0.3, 0.4) is 0 Å². The monoisotopic (exact) mass is 425 g/mol. The number of carbonyl (C=O) groups is 1. The Kier molecular flexibility index (Phi) is 4.99. The quantitative estimate of drug-likeness (QED) is 0.386. The Bertz CT molecular complexity index is 1370. The van der Waals surface area contributed by atoms with Gasteiger partial charge in [-0.3, -0.25) is 9.59 Å². The molecular weight excluding hydrogens is 408 g/mol. The van der Waals surface area contributed by atoms with Crippen molar-refractivity contribution in [2.75, 3.05) is 0 Å². The van der Waals surface area contributed by atoms with E-state index in [2.05, 4.69) is 0 Å². The largest absolute Gasteiger partial charge is 0.454 e. The highest BCUT2D eigenvalue weighted by Crippen LogP contribution is 2.39. The third-order valence-corrected chi connectivity index (χ3v) is 5.81. The van der Waals surface area contributed by atoms with Gasteiger partial charge in [-0.15, -0.1) is 11.3 Å². The van der Waals surface area contributed by atoms with E-state index in [1.165, 1.54) is 28.9 Å². The first-order valence-electron chi connectivity index (χ1n) is 9.12. The van der Waals surface area contributed by atoms with Crippen LogP contribution in [0.2, 0.25) is 0 Å². The van der Waals surface area contributed by atoms with E-state index in [-0.39, 0.29) is 22.8 Å². The molecule has 0 aliphatic carbocycles. The van der Waals surface area contributed by atoms with Gasteiger partial charge in [0.1, 0.15) is 16.3 Å². The van der Waals surface area contributed by atoms with Crippen LogP contribution in [0.15, 0.2) is 53.5 Å². The van der Waals surface area contributed by atoms with Crippen molar-refractivity contribution < 1.29 is 18.3 Å². The van der Waals surface area contributed by atoms with Crippen molar-refractivity contribution in [3.63, 3.8) is 0 Å². The molecule has 0 unspecified atom stereocenters. The van der Waals surface area contributed by atoms with Crippen LogP contribution < -0.4 is 10.3 Å². The summed E-state index contributed by atoms with van der Waals surface area (Å²) >= 11 is 1.38. The smallest absolute Gasteiger partial charge is 0.268 e. The summed E-state index contributed by atoms with van der Waals surface area (Å²) in [5, 5.41) is 0.728. The number of nitrogens with zero attached hydrogens (tertiary/aromatic N) is 1. The summed E-state index contributed by atoms with van der Waals surface area (Å²) in [6.07, 6.45) is 1.67. The zero-order valence-corrected chi connectivity index (χ0v) is 17.3. The number of ether oxygens (including phenoxy) is 1. The molecule has 7 heteroatoms. The van der Waals surface area contributed by atoms with Crippen LogP contribution in [0.4, 0.5) is 8.78 Å². The standard InChI is InChI=1S/C23H17F2NO3S/c1-12-8-17-18(11-26(3)23(28)22(17)30-12)16-9-14(13(2)27)4-6-20(16)29-21-7-5-15(24)10-19(21)25/h4-11H,1-3H3. The second-order valence-electron chi connectivity index (χ2n) is 7.00. The molecule has 4 nitrogen and oxygen atoms in total. The lowest BCUT2D eigenvalue weighted by Crippen LogP contribution is -2.15. The van der Waals surface area contributed by atoms with E-state index >= 15 is 0 Å². The Hall–Kier alpha value is -3.32. The number of hydrogen-bond donors (Lipinski definition) is 0. The Labute approximate surface area is 175 Å². The van der Waals surface area contributed by atoms with Crippen molar-refractivity contribution in [2.24, 2.45) is 7.05 Å². The van der Waals surface area contributed by atoms with Gasteiger partial charge in [-0.2, -0.15) is 0 Å². The predicted molar refractivity (Wildman–Crippen MR) is 114 cm³/mol. The fourth-order valence-corrected chi connectivity index (χ4v) is 4.30. The molecule has 0 spiro atoms. The molecule has 0 amide bonds. The van der Waals surface area contributed by atoms with Crippen molar-refractivity contribution >= 4 is 27.2 Å². The molecule has 0 aliphatic rings. The Morgan fingerprint density at radius 2 is 1.77 bits per heavy atom. The van der Waals surface area contributed by atoms with Gasteiger partial charge in [-0.1, -0.05) is 0 Å². The summed E-state index contributed by atoms with van der Waals surface area (Å²) in [4.78, 5) is 25.5. The van der Waals surface area contributed by atoms with E-state index in [1.54, 1.807) is 31.4 Å². The summed E-state index contributed by atoms with van der Waals surface area (Å²) in [6, 6.07) is 9.77. The number of rotatable bonds is 4. The topological polar surface area (TPSA) is 48.3 Å². The minimum absolute atomic E-state index is 0.124. The third-order valence-electron chi connectivity index (χ3n) is 4.77. The summed E-state index contributed by atoms with van der Waals surface area (Å²) in [7, 11) is 1.65. The van der Waals surface area contributed by atoms with Gasteiger partial charge in [0.25, 0.3) is 5.56 Å². The van der Waals surface area contributed by atoms with Crippen molar-refractivity contribution in [1.82, 2.24) is 4.57 Å². The van der Waals surface area contributed by atoms with Crippen LogP contribution in [-0.2, 0) is 7.05 Å². The normalized spacial score (nSPS) is 11.1. The molecule has 4 aromatic rings. The lowest BCUT2D eigenvalue weighted by molar-refractivity contribution is 0.101. The van der Waals surface area contributed by atoms with Crippen molar-refractivity contribution in [3.05, 3.63) is 81.1 Å². The number of thiophene rings is 1. The first kappa shape index (κ1) is 20.0. The third kappa shape index (κ3) is 3.52. The highest BCUT2D eigenvalue weighted by Gasteiger charge is 2.18. The zero-order valence-electron chi connectivity index (χ0n) is 16.5. The van der Waals surface area contributed by atoms with Crippen molar-refractivity contribution in [1.29, 1.82) is 0 Å². The highest BCUT2D eigenvalue weighted by atomic mass is 32.1. The molecule has 4 rings (SSSR count). The second kappa shape index (κ2) is 7.50. The average Bonchev–Trinajstić information content (AvgIpc) is 3.09. The molecular formula is C23H17F2NO3S. The molecule has 2 heterocycles. The molecule has 152 valence electrons. The van der Waals surface area contributed by atoms with Gasteiger partial charge in [0.05, 0.1) is 0 Å². The first-order valence-corrected chi connectivity index (χ1v) is 9.94. The molecule has 0 saturated heterocycles. The molecule has 2 aromatic carbocycles. The number of fused-ring (bicyclic) bond motifs is 1. The Balaban J connectivity index is 1.98. The maximum atomic E-state index is 14.2. The number of pyridine rings is 1. The summed E-state index contributed by atoms with van der Waals surface area (Å²) in [6.45, 7) is 3.36. The zero-order chi connectivity index (χ0) is 21.6. The number of halogens is 2. The van der Waals surface area contributed by atoms with E-state index in [0.717, 1.165) is 22.4 Å². The Morgan fingerprint density at radius 1 is 1.03 bits per heavy atom.